The lowest BCUT2D eigenvalue weighted by molar-refractivity contribution is -0.182. The highest BCUT2D eigenvalue weighted by Gasteiger charge is 2.68. The van der Waals surface area contributed by atoms with Crippen LogP contribution in [-0.2, 0) is 14.3 Å². The van der Waals surface area contributed by atoms with Gasteiger partial charge in [-0.3, -0.25) is 9.59 Å². The Balaban J connectivity index is 1.69. The molecule has 4 nitrogen and oxygen atoms in total. The lowest BCUT2D eigenvalue weighted by atomic mass is 9.46. The smallest absolute Gasteiger partial charge is 0.324 e. The third-order valence-corrected chi connectivity index (χ3v) is 9.16. The van der Waals surface area contributed by atoms with Gasteiger partial charge in [0.1, 0.15) is 11.5 Å². The van der Waals surface area contributed by atoms with Crippen LogP contribution in [0.15, 0.2) is 23.8 Å². The number of hydrogen-bond acceptors (Lipinski definition) is 4. The molecule has 0 amide bonds. The molecular formula is C25H33ClF2O4. The third kappa shape index (κ3) is 3.48. The van der Waals surface area contributed by atoms with E-state index in [1.165, 1.54) is 6.08 Å². The maximum Gasteiger partial charge on any atom is 0.324 e. The summed E-state index contributed by atoms with van der Waals surface area (Å²) in [5, 5.41) is 10.6. The quantitative estimate of drug-likeness (QED) is 0.460. The third-order valence-electron chi connectivity index (χ3n) is 8.76. The summed E-state index contributed by atoms with van der Waals surface area (Å²) in [5.74, 6) is -5.05. The van der Waals surface area contributed by atoms with Crippen molar-refractivity contribution in [2.24, 2.45) is 34.5 Å². The van der Waals surface area contributed by atoms with Gasteiger partial charge in [-0.2, -0.15) is 0 Å². The molecule has 4 aliphatic carbocycles. The number of alkyl halides is 3. The molecule has 0 aromatic rings. The average Bonchev–Trinajstić information content (AvgIpc) is 2.93. The van der Waals surface area contributed by atoms with E-state index in [2.05, 4.69) is 0 Å². The second kappa shape index (κ2) is 7.90. The van der Waals surface area contributed by atoms with Crippen molar-refractivity contribution < 1.29 is 28.2 Å². The van der Waals surface area contributed by atoms with Crippen molar-refractivity contribution >= 4 is 23.4 Å². The molecule has 3 fully saturated rings. The Morgan fingerprint density at radius 3 is 2.69 bits per heavy atom. The fourth-order valence-electron chi connectivity index (χ4n) is 7.52. The van der Waals surface area contributed by atoms with Gasteiger partial charge in [0.15, 0.2) is 5.78 Å². The van der Waals surface area contributed by atoms with E-state index in [1.807, 2.05) is 20.8 Å². The van der Waals surface area contributed by atoms with E-state index in [4.69, 9.17) is 16.3 Å². The normalized spacial score (nSPS) is 45.4. The minimum Gasteiger partial charge on any atom is -0.460 e. The number of allylic oxidation sites excluding steroid dienone is 4. The van der Waals surface area contributed by atoms with Crippen LogP contribution < -0.4 is 0 Å². The van der Waals surface area contributed by atoms with E-state index < -0.39 is 64.3 Å². The lowest BCUT2D eigenvalue weighted by Gasteiger charge is -2.59. The molecule has 0 aromatic heterocycles. The van der Waals surface area contributed by atoms with Crippen molar-refractivity contribution in [3.05, 3.63) is 23.8 Å². The SMILES string of the molecule is CCCC(Cl)C(=O)O[C@@H]1[C@H](C)C[C@H]2[C@@H]3CC(F)(F)C4=CC(=O)C=C[C@]4(C)[C@H]3[C@@H](O)C[C@]12C. The monoisotopic (exact) mass is 470 g/mol. The Kier molecular flexibility index (Phi) is 5.89. The number of aliphatic hydroxyl groups is 1. The predicted molar refractivity (Wildman–Crippen MR) is 117 cm³/mol. The first-order valence-corrected chi connectivity index (χ1v) is 12.1. The maximum absolute atomic E-state index is 15.4. The van der Waals surface area contributed by atoms with Crippen molar-refractivity contribution in [1.82, 2.24) is 0 Å². The first kappa shape index (κ1) is 23.9. The Hall–Kier alpha value is -1.27. The van der Waals surface area contributed by atoms with Gasteiger partial charge in [-0.15, -0.1) is 11.6 Å². The Bertz CT molecular complexity index is 870. The van der Waals surface area contributed by atoms with Crippen LogP contribution in [0.3, 0.4) is 0 Å². The van der Waals surface area contributed by atoms with Crippen LogP contribution in [0.25, 0.3) is 0 Å². The van der Waals surface area contributed by atoms with Crippen LogP contribution in [0, 0.1) is 34.5 Å². The average molecular weight is 471 g/mol. The molecule has 0 aliphatic heterocycles. The number of ether oxygens (including phenoxy) is 1. The molecule has 0 aromatic carbocycles. The van der Waals surface area contributed by atoms with Gasteiger partial charge >= 0.3 is 5.97 Å². The van der Waals surface area contributed by atoms with E-state index in [-0.39, 0.29) is 17.4 Å². The molecular weight excluding hydrogens is 438 g/mol. The molecule has 0 spiro atoms. The summed E-state index contributed by atoms with van der Waals surface area (Å²) >= 11 is 6.20. The number of hydrogen-bond donors (Lipinski definition) is 1. The van der Waals surface area contributed by atoms with Crippen LogP contribution in [0.4, 0.5) is 8.78 Å². The molecule has 3 saturated carbocycles. The molecule has 9 atom stereocenters. The van der Waals surface area contributed by atoms with Crippen LogP contribution >= 0.6 is 11.6 Å². The molecule has 0 saturated heterocycles. The fraction of sp³-hybridized carbons (Fsp3) is 0.760. The van der Waals surface area contributed by atoms with Crippen molar-refractivity contribution in [1.29, 1.82) is 0 Å². The van der Waals surface area contributed by atoms with Gasteiger partial charge in [0.25, 0.3) is 5.92 Å². The predicted octanol–water partition coefficient (Wildman–Crippen LogP) is 5.08. The van der Waals surface area contributed by atoms with E-state index in [0.717, 1.165) is 12.5 Å². The molecule has 32 heavy (non-hydrogen) atoms. The van der Waals surface area contributed by atoms with Gasteiger partial charge in [0.2, 0.25) is 0 Å². The highest BCUT2D eigenvalue weighted by atomic mass is 35.5. The fourth-order valence-corrected chi connectivity index (χ4v) is 7.79. The van der Waals surface area contributed by atoms with Crippen molar-refractivity contribution in [2.45, 2.75) is 83.3 Å². The van der Waals surface area contributed by atoms with Crippen molar-refractivity contribution in [2.75, 3.05) is 0 Å². The summed E-state index contributed by atoms with van der Waals surface area (Å²) in [7, 11) is 0. The second-order valence-corrected chi connectivity index (χ2v) is 11.4. The topological polar surface area (TPSA) is 63.6 Å². The van der Waals surface area contributed by atoms with Gasteiger partial charge in [-0.1, -0.05) is 40.2 Å². The van der Waals surface area contributed by atoms with E-state index >= 15 is 8.78 Å². The Morgan fingerprint density at radius 2 is 2.03 bits per heavy atom. The molecule has 0 heterocycles. The van der Waals surface area contributed by atoms with Gasteiger partial charge in [-0.25, -0.2) is 8.78 Å². The highest BCUT2D eigenvalue weighted by Crippen LogP contribution is 2.68. The number of fused-ring (bicyclic) bond motifs is 5. The van der Waals surface area contributed by atoms with Crippen LogP contribution in [0.5, 0.6) is 0 Å². The maximum atomic E-state index is 15.4. The first-order chi connectivity index (χ1) is 14.8. The summed E-state index contributed by atoms with van der Waals surface area (Å²) in [4.78, 5) is 24.5. The zero-order valence-electron chi connectivity index (χ0n) is 19.1. The zero-order chi connectivity index (χ0) is 23.6. The van der Waals surface area contributed by atoms with E-state index in [0.29, 0.717) is 19.3 Å². The molecule has 7 heteroatoms. The molecule has 178 valence electrons. The number of aliphatic hydroxyl groups excluding tert-OH is 1. The number of esters is 1. The highest BCUT2D eigenvalue weighted by molar-refractivity contribution is 6.29. The second-order valence-electron chi connectivity index (χ2n) is 10.9. The van der Waals surface area contributed by atoms with Crippen LogP contribution in [0.2, 0.25) is 0 Å². The summed E-state index contributed by atoms with van der Waals surface area (Å²) in [6, 6.07) is 0. The van der Waals surface area contributed by atoms with E-state index in [1.54, 1.807) is 13.0 Å². The minimum atomic E-state index is -3.13. The summed E-state index contributed by atoms with van der Waals surface area (Å²) in [6.45, 7) is 7.61. The van der Waals surface area contributed by atoms with Crippen LogP contribution in [-0.4, -0.2) is 40.4 Å². The largest absolute Gasteiger partial charge is 0.460 e. The van der Waals surface area contributed by atoms with Gasteiger partial charge in [-0.05, 0) is 49.2 Å². The van der Waals surface area contributed by atoms with Gasteiger partial charge in [0, 0.05) is 28.7 Å². The minimum absolute atomic E-state index is 0.0211. The molecule has 0 bridgehead atoms. The molecule has 1 unspecified atom stereocenters. The standard InChI is InChI=1S/C25H33ClF2O4/c1-5-6-17(26)22(31)32-21-13(2)9-16-15-11-25(27,28)19-10-14(29)7-8-23(19,3)20(15)18(30)12-24(16,21)4/h7-8,10,13,15-18,20-21,30H,5-6,9,11-12H2,1-4H3/t13-,15+,16+,17?,18+,20-,21-,23+,24+/m1/s1. The number of halogens is 3. The molecule has 1 N–H and O–H groups in total. The summed E-state index contributed by atoms with van der Waals surface area (Å²) in [6.07, 6.45) is 4.53. The number of rotatable bonds is 4. The summed E-state index contributed by atoms with van der Waals surface area (Å²) < 4.78 is 36.7. The molecule has 0 radical (unpaired) electrons. The molecule has 4 rings (SSSR count). The van der Waals surface area contributed by atoms with Crippen LogP contribution in [0.1, 0.15) is 59.8 Å². The van der Waals surface area contributed by atoms with Gasteiger partial charge in [0.05, 0.1) is 6.10 Å². The summed E-state index contributed by atoms with van der Waals surface area (Å²) in [5.41, 5.74) is -1.87. The number of ketones is 1. The number of carbonyl (C=O) groups excluding carboxylic acids is 2. The zero-order valence-corrected chi connectivity index (χ0v) is 19.9. The van der Waals surface area contributed by atoms with E-state index in [9.17, 15) is 14.7 Å². The first-order valence-electron chi connectivity index (χ1n) is 11.7. The van der Waals surface area contributed by atoms with Crippen molar-refractivity contribution in [3.63, 3.8) is 0 Å². The Labute approximate surface area is 193 Å². The van der Waals surface area contributed by atoms with Crippen molar-refractivity contribution in [3.8, 4) is 0 Å². The Morgan fingerprint density at radius 1 is 1.34 bits per heavy atom. The van der Waals surface area contributed by atoms with Gasteiger partial charge < -0.3 is 9.84 Å². The lowest BCUT2D eigenvalue weighted by Crippen LogP contribution is -2.60. The molecule has 4 aliphatic rings. The number of carbonyl (C=O) groups is 2.